The third-order valence-corrected chi connectivity index (χ3v) is 12.9. The number of rotatable bonds is 10. The monoisotopic (exact) mass is 837 g/mol. The van der Waals surface area contributed by atoms with Gasteiger partial charge in [-0.1, -0.05) is 80.6 Å². The summed E-state index contributed by atoms with van der Waals surface area (Å²) in [6, 6.07) is 23.7. The minimum atomic E-state index is -1.94. The zero-order valence-electron chi connectivity index (χ0n) is 34.6. The number of esters is 4. The first-order valence-corrected chi connectivity index (χ1v) is 20.5. The third kappa shape index (κ3) is 8.36. The van der Waals surface area contributed by atoms with Crippen LogP contribution in [0, 0.1) is 23.2 Å². The Hall–Kier alpha value is -5.70. The molecule has 0 radical (unpaired) electrons. The highest BCUT2D eigenvalue weighted by molar-refractivity contribution is 5.95. The van der Waals surface area contributed by atoms with E-state index in [1.54, 1.807) is 97.9 Å². The van der Waals surface area contributed by atoms with Crippen molar-refractivity contribution in [1.29, 1.82) is 0 Å². The van der Waals surface area contributed by atoms with Crippen LogP contribution >= 0.6 is 0 Å². The highest BCUT2D eigenvalue weighted by Gasteiger charge is 2.69. The number of carbonyl (C=O) groups excluding carboxylic acids is 6. The van der Waals surface area contributed by atoms with E-state index in [1.807, 2.05) is 13.8 Å². The predicted octanol–water partition coefficient (Wildman–Crippen LogP) is 4.62. The Bertz CT molecular complexity index is 2190. The van der Waals surface area contributed by atoms with Crippen molar-refractivity contribution in [2.75, 3.05) is 6.61 Å². The molecule has 1 aliphatic heterocycles. The van der Waals surface area contributed by atoms with Gasteiger partial charge in [-0.15, -0.1) is 0 Å². The lowest BCUT2D eigenvalue weighted by Crippen LogP contribution is -2.74. The number of ketones is 1. The van der Waals surface area contributed by atoms with E-state index in [9.17, 15) is 39.0 Å². The standard InChI is InChI=1S/C47H51NO13/c1-25-35(59-45(56)40(53)39(28-15-9-6-10-16-28)48-43(54)29-17-11-7-12-18-29)22-32-41(60-44(55)30-19-13-8-14-20-30)38-31(33(51)23-36-47(38,24-57-36)61-27(3)50)21-34(52)42(58-26(2)49)37(25)46(32,4)5/h6-20,31-33,35-36,38-42,51,53H,21-24H2,1-5H3,(H,48,54)/t31-,32?,33-,35?,36+,38+,39?,40+,41?,42-,47-/m0/s1. The molecule has 3 aromatic rings. The fraction of sp³-hybridized carbons (Fsp3) is 0.447. The third-order valence-electron chi connectivity index (χ3n) is 12.9. The number of hydrogen-bond acceptors (Lipinski definition) is 13. The molecule has 4 unspecified atom stereocenters. The largest absolute Gasteiger partial charge is 0.458 e. The van der Waals surface area contributed by atoms with E-state index >= 15 is 0 Å². The molecule has 14 nitrogen and oxygen atoms in total. The highest BCUT2D eigenvalue weighted by Crippen LogP contribution is 2.59. The first-order valence-electron chi connectivity index (χ1n) is 20.5. The van der Waals surface area contributed by atoms with Gasteiger partial charge in [-0.3, -0.25) is 19.2 Å². The molecule has 3 aliphatic carbocycles. The summed E-state index contributed by atoms with van der Waals surface area (Å²) < 4.78 is 30.7. The van der Waals surface area contributed by atoms with Crippen molar-refractivity contribution in [2.24, 2.45) is 23.2 Å². The smallest absolute Gasteiger partial charge is 0.338 e. The number of benzene rings is 3. The first-order chi connectivity index (χ1) is 29.0. The summed E-state index contributed by atoms with van der Waals surface area (Å²) in [5.41, 5.74) is -1.01. The number of nitrogens with one attached hydrogen (secondary N) is 1. The zero-order valence-corrected chi connectivity index (χ0v) is 34.6. The molecule has 14 heteroatoms. The maximum Gasteiger partial charge on any atom is 0.338 e. The number of hydrogen-bond donors (Lipinski definition) is 3. The van der Waals surface area contributed by atoms with Gasteiger partial charge in [-0.25, -0.2) is 9.59 Å². The average Bonchev–Trinajstić information content (AvgIpc) is 3.24. The Morgan fingerprint density at radius 3 is 2.00 bits per heavy atom. The molecule has 61 heavy (non-hydrogen) atoms. The number of aliphatic hydroxyl groups is 2. The Morgan fingerprint density at radius 1 is 0.820 bits per heavy atom. The van der Waals surface area contributed by atoms with E-state index in [-0.39, 0.29) is 31.4 Å². The van der Waals surface area contributed by atoms with Crippen molar-refractivity contribution in [3.8, 4) is 0 Å². The quantitative estimate of drug-likeness (QED) is 0.145. The summed E-state index contributed by atoms with van der Waals surface area (Å²) in [5.74, 6) is -7.25. The minimum Gasteiger partial charge on any atom is -0.458 e. The van der Waals surface area contributed by atoms with Crippen molar-refractivity contribution in [3.05, 3.63) is 119 Å². The van der Waals surface area contributed by atoms with Crippen molar-refractivity contribution < 1.29 is 62.7 Å². The van der Waals surface area contributed by atoms with Crippen LogP contribution in [0.3, 0.4) is 0 Å². The Morgan fingerprint density at radius 2 is 1.43 bits per heavy atom. The second-order valence-electron chi connectivity index (χ2n) is 17.0. The van der Waals surface area contributed by atoms with Crippen LogP contribution in [0.1, 0.15) is 86.2 Å². The number of fused-ring (bicyclic) bond motifs is 5. The van der Waals surface area contributed by atoms with E-state index in [2.05, 4.69) is 5.32 Å². The average molecular weight is 838 g/mol. The number of Topliss-reactive ketones (excluding diaryl/α,β-unsaturated/α-hetero) is 1. The van der Waals surface area contributed by atoms with Gasteiger partial charge in [0, 0.05) is 50.0 Å². The fourth-order valence-electron chi connectivity index (χ4n) is 10.1. The molecule has 7 rings (SSSR count). The zero-order chi connectivity index (χ0) is 43.8. The Labute approximate surface area is 353 Å². The molecule has 1 saturated heterocycles. The molecule has 0 aromatic heterocycles. The van der Waals surface area contributed by atoms with E-state index in [4.69, 9.17) is 23.7 Å². The second-order valence-corrected chi connectivity index (χ2v) is 17.0. The van der Waals surface area contributed by atoms with Crippen LogP contribution in [0.25, 0.3) is 0 Å². The van der Waals surface area contributed by atoms with Gasteiger partial charge in [-0.2, -0.15) is 0 Å². The van der Waals surface area contributed by atoms with Gasteiger partial charge in [0.25, 0.3) is 5.91 Å². The van der Waals surface area contributed by atoms with Crippen LogP contribution in [-0.4, -0.2) is 94.6 Å². The molecular weight excluding hydrogens is 787 g/mol. The first kappa shape index (κ1) is 43.4. The molecule has 0 spiro atoms. The lowest BCUT2D eigenvalue weighted by molar-refractivity contribution is -0.323. The van der Waals surface area contributed by atoms with Crippen molar-refractivity contribution in [2.45, 2.75) is 102 Å². The molecule has 2 saturated carbocycles. The SMILES string of the molecule is CC(=O)O[C@H]1C(=O)C[C@H]2[C@@H](O)C[C@H]3OC[C@@]3(OC(C)=O)[C@H]2C(OC(=O)c2ccccc2)C2CC(OC(=O)[C@H](O)C(NC(=O)c3ccccc3)c3ccccc3)C(C)=C1C2(C)C. The van der Waals surface area contributed by atoms with E-state index in [0.29, 0.717) is 22.3 Å². The van der Waals surface area contributed by atoms with Crippen LogP contribution in [0.5, 0.6) is 0 Å². The number of amides is 1. The lowest BCUT2D eigenvalue weighted by Gasteiger charge is -2.61. The van der Waals surface area contributed by atoms with Gasteiger partial charge in [-0.05, 0) is 59.7 Å². The van der Waals surface area contributed by atoms with Gasteiger partial charge >= 0.3 is 23.9 Å². The topological polar surface area (TPSA) is 201 Å². The van der Waals surface area contributed by atoms with Crippen LogP contribution < -0.4 is 5.32 Å². The van der Waals surface area contributed by atoms with Gasteiger partial charge < -0.3 is 39.2 Å². The summed E-state index contributed by atoms with van der Waals surface area (Å²) in [7, 11) is 0. The molecule has 4 aliphatic rings. The molecule has 1 heterocycles. The van der Waals surface area contributed by atoms with Gasteiger partial charge in [0.1, 0.15) is 18.3 Å². The molecule has 2 bridgehead atoms. The second kappa shape index (κ2) is 17.3. The molecule has 322 valence electrons. The molecule has 3 aromatic carbocycles. The molecule has 1 amide bonds. The van der Waals surface area contributed by atoms with Gasteiger partial charge in [0.2, 0.25) is 0 Å². The maximum atomic E-state index is 14.7. The summed E-state index contributed by atoms with van der Waals surface area (Å²) in [5, 5.41) is 26.4. The summed E-state index contributed by atoms with van der Waals surface area (Å²) in [4.78, 5) is 82.4. The summed E-state index contributed by atoms with van der Waals surface area (Å²) in [6.45, 7) is 7.57. The minimum absolute atomic E-state index is 0.0105. The number of carbonyl (C=O) groups is 6. The van der Waals surface area contributed by atoms with Crippen molar-refractivity contribution in [1.82, 2.24) is 5.32 Å². The van der Waals surface area contributed by atoms with Crippen LogP contribution in [0.2, 0.25) is 0 Å². The molecule has 3 N–H and O–H groups in total. The van der Waals surface area contributed by atoms with Crippen LogP contribution in [0.4, 0.5) is 0 Å². The van der Waals surface area contributed by atoms with Gasteiger partial charge in [0.05, 0.1) is 24.3 Å². The highest BCUT2D eigenvalue weighted by atomic mass is 16.6. The van der Waals surface area contributed by atoms with E-state index < -0.39 is 107 Å². The van der Waals surface area contributed by atoms with Crippen molar-refractivity contribution in [3.63, 3.8) is 0 Å². The Balaban J connectivity index is 1.34. The number of aliphatic hydroxyl groups excluding tert-OH is 2. The summed E-state index contributed by atoms with van der Waals surface area (Å²) >= 11 is 0. The predicted molar refractivity (Wildman–Crippen MR) is 216 cm³/mol. The molecule has 11 atom stereocenters. The Kier molecular flexibility index (Phi) is 12.3. The molecule has 3 fully saturated rings. The van der Waals surface area contributed by atoms with E-state index in [0.717, 1.165) is 0 Å². The lowest BCUT2D eigenvalue weighted by atomic mass is 9.55. The normalized spacial score (nSPS) is 29.9. The van der Waals surface area contributed by atoms with Crippen LogP contribution in [0.15, 0.2) is 102 Å². The maximum absolute atomic E-state index is 14.7. The fourth-order valence-corrected chi connectivity index (χ4v) is 10.1. The van der Waals surface area contributed by atoms with Crippen molar-refractivity contribution >= 4 is 35.6 Å². The summed E-state index contributed by atoms with van der Waals surface area (Å²) in [6.07, 6.45) is -8.29. The number of ether oxygens (including phenoxy) is 5. The van der Waals surface area contributed by atoms with Gasteiger partial charge in [0.15, 0.2) is 23.6 Å². The van der Waals surface area contributed by atoms with Crippen LogP contribution in [-0.2, 0) is 42.9 Å². The molecular formula is C47H51NO13. The van der Waals surface area contributed by atoms with E-state index in [1.165, 1.54) is 13.8 Å².